The molecule has 0 aliphatic rings. The van der Waals surface area contributed by atoms with E-state index in [0.717, 1.165) is 0 Å². The molecule has 0 bridgehead atoms. The van der Waals surface area contributed by atoms with Crippen LogP contribution in [0.3, 0.4) is 0 Å². The number of nitrogens with zero attached hydrogens (tertiary/aromatic N) is 1. The van der Waals surface area contributed by atoms with Crippen molar-refractivity contribution in [1.29, 1.82) is 0 Å². The summed E-state index contributed by atoms with van der Waals surface area (Å²) in [7, 11) is 0. The lowest BCUT2D eigenvalue weighted by Crippen LogP contribution is -2.11. The molecule has 0 fully saturated rings. The highest BCUT2D eigenvalue weighted by molar-refractivity contribution is 5.41. The molecular weight excluding hydrogens is 166 g/mol. The maximum Gasteiger partial charge on any atom is 0.130 e. The van der Waals surface area contributed by atoms with Gasteiger partial charge < -0.3 is 16.2 Å². The van der Waals surface area contributed by atoms with Crippen LogP contribution in [0.2, 0.25) is 0 Å². The summed E-state index contributed by atoms with van der Waals surface area (Å²) in [5.41, 5.74) is 6.67. The zero-order chi connectivity index (χ0) is 9.68. The van der Waals surface area contributed by atoms with E-state index in [1.54, 1.807) is 19.2 Å². The first-order chi connectivity index (χ1) is 6.24. The van der Waals surface area contributed by atoms with Gasteiger partial charge in [0.15, 0.2) is 0 Å². The van der Waals surface area contributed by atoms with Crippen LogP contribution in [0.1, 0.15) is 6.92 Å². The highest BCUT2D eigenvalue weighted by atomic mass is 16.3. The molecule has 0 aliphatic carbocycles. The van der Waals surface area contributed by atoms with E-state index in [-0.39, 0.29) is 6.61 Å². The van der Waals surface area contributed by atoms with Crippen LogP contribution in [-0.2, 0) is 0 Å². The minimum absolute atomic E-state index is 0.112. The largest absolute Gasteiger partial charge is 0.401 e. The summed E-state index contributed by atoms with van der Waals surface area (Å²) >= 11 is 0. The van der Waals surface area contributed by atoms with Gasteiger partial charge in [-0.25, -0.2) is 4.98 Å². The second-order valence-corrected chi connectivity index (χ2v) is 2.66. The number of nitrogens with two attached hydrogens (primary N) is 1. The molecule has 4 N–H and O–H groups in total. The number of aromatic nitrogens is 1. The van der Waals surface area contributed by atoms with Gasteiger partial charge >= 0.3 is 0 Å². The molecule has 1 rings (SSSR count). The Labute approximate surface area is 77.1 Å². The van der Waals surface area contributed by atoms with Crippen molar-refractivity contribution in [2.24, 2.45) is 5.73 Å². The zero-order valence-corrected chi connectivity index (χ0v) is 7.49. The topological polar surface area (TPSA) is 71.2 Å². The Morgan fingerprint density at radius 2 is 2.38 bits per heavy atom. The Kier molecular flexibility index (Phi) is 3.28. The Morgan fingerprint density at radius 1 is 1.62 bits per heavy atom. The van der Waals surface area contributed by atoms with E-state index in [0.29, 0.717) is 17.2 Å². The van der Waals surface area contributed by atoms with Gasteiger partial charge in [0.25, 0.3) is 0 Å². The first kappa shape index (κ1) is 9.54. The van der Waals surface area contributed by atoms with E-state index in [1.807, 2.05) is 12.1 Å². The lowest BCUT2D eigenvalue weighted by atomic mass is 10.3. The number of hydrogen-bond acceptors (Lipinski definition) is 4. The van der Waals surface area contributed by atoms with E-state index < -0.39 is 0 Å². The van der Waals surface area contributed by atoms with Crippen molar-refractivity contribution in [2.45, 2.75) is 6.92 Å². The van der Waals surface area contributed by atoms with Crippen LogP contribution in [0.5, 0.6) is 0 Å². The van der Waals surface area contributed by atoms with E-state index in [9.17, 15) is 0 Å². The summed E-state index contributed by atoms with van der Waals surface area (Å²) in [6, 6.07) is 5.48. The average Bonchev–Trinajstić information content (AvgIpc) is 2.15. The number of anilines is 1. The predicted molar refractivity (Wildman–Crippen MR) is 51.8 cm³/mol. The number of aliphatic hydroxyl groups excluding tert-OH is 1. The molecule has 4 nitrogen and oxygen atoms in total. The fourth-order valence-electron chi connectivity index (χ4n) is 0.854. The molecule has 0 radical (unpaired) electrons. The van der Waals surface area contributed by atoms with Crippen LogP contribution in [0.15, 0.2) is 35.8 Å². The number of pyridine rings is 1. The zero-order valence-electron chi connectivity index (χ0n) is 7.49. The summed E-state index contributed by atoms with van der Waals surface area (Å²) in [6.45, 7) is 1.61. The molecule has 0 unspecified atom stereocenters. The molecule has 0 spiro atoms. The number of hydrogen-bond donors (Lipinski definition) is 3. The predicted octanol–water partition coefficient (Wildman–Crippen LogP) is 0.676. The lowest BCUT2D eigenvalue weighted by molar-refractivity contribution is 0.331. The normalized spacial score (nSPS) is 12.2. The van der Waals surface area contributed by atoms with Crippen LogP contribution in [0, 0.1) is 0 Å². The van der Waals surface area contributed by atoms with Gasteiger partial charge in [0.05, 0.1) is 12.3 Å². The van der Waals surface area contributed by atoms with E-state index >= 15 is 0 Å². The van der Waals surface area contributed by atoms with Crippen molar-refractivity contribution in [3.05, 3.63) is 35.8 Å². The van der Waals surface area contributed by atoms with Gasteiger partial charge in [0, 0.05) is 11.9 Å². The molecule has 1 aromatic heterocycles. The molecular formula is C9H13N3O. The number of rotatable bonds is 3. The minimum Gasteiger partial charge on any atom is -0.401 e. The maximum atomic E-state index is 8.93. The van der Waals surface area contributed by atoms with Crippen molar-refractivity contribution in [1.82, 2.24) is 4.98 Å². The van der Waals surface area contributed by atoms with Crippen LogP contribution in [0.25, 0.3) is 0 Å². The van der Waals surface area contributed by atoms with Gasteiger partial charge in [0.2, 0.25) is 0 Å². The molecule has 70 valence electrons. The molecule has 0 amide bonds. The Balaban J connectivity index is 2.74. The lowest BCUT2D eigenvalue weighted by Gasteiger charge is -2.08. The molecule has 0 aliphatic heterocycles. The van der Waals surface area contributed by atoms with Gasteiger partial charge in [-0.2, -0.15) is 0 Å². The molecule has 0 atom stereocenters. The van der Waals surface area contributed by atoms with Crippen LogP contribution >= 0.6 is 0 Å². The number of nitrogens with one attached hydrogen (secondary N) is 1. The molecule has 13 heavy (non-hydrogen) atoms. The quantitative estimate of drug-likeness (QED) is 0.638. The summed E-state index contributed by atoms with van der Waals surface area (Å²) in [5, 5.41) is 11.9. The van der Waals surface area contributed by atoms with Crippen LogP contribution < -0.4 is 11.1 Å². The van der Waals surface area contributed by atoms with Crippen LogP contribution in [-0.4, -0.2) is 16.7 Å². The molecule has 4 heteroatoms. The third-order valence-electron chi connectivity index (χ3n) is 1.58. The van der Waals surface area contributed by atoms with E-state index in [4.69, 9.17) is 10.8 Å². The van der Waals surface area contributed by atoms with Gasteiger partial charge in [-0.15, -0.1) is 0 Å². The van der Waals surface area contributed by atoms with Crippen molar-refractivity contribution >= 4 is 5.82 Å². The van der Waals surface area contributed by atoms with Crippen molar-refractivity contribution in [3.8, 4) is 0 Å². The standard InChI is InChI=1S/C9H13N3O/c1-7(10)8(6-13)12-9-4-2-3-5-11-9/h2-5,13H,6,10H2,1H3,(H,11,12)/b8-7-. The monoisotopic (exact) mass is 179 g/mol. The Morgan fingerprint density at radius 3 is 2.85 bits per heavy atom. The highest BCUT2D eigenvalue weighted by Crippen LogP contribution is 2.05. The third-order valence-corrected chi connectivity index (χ3v) is 1.58. The van der Waals surface area contributed by atoms with Crippen molar-refractivity contribution < 1.29 is 5.11 Å². The third kappa shape index (κ3) is 2.76. The summed E-state index contributed by atoms with van der Waals surface area (Å²) < 4.78 is 0. The van der Waals surface area contributed by atoms with Crippen molar-refractivity contribution in [2.75, 3.05) is 11.9 Å². The average molecular weight is 179 g/mol. The first-order valence-electron chi connectivity index (χ1n) is 3.98. The number of aliphatic hydroxyl groups is 1. The fraction of sp³-hybridized carbons (Fsp3) is 0.222. The van der Waals surface area contributed by atoms with E-state index in [1.165, 1.54) is 0 Å². The summed E-state index contributed by atoms with van der Waals surface area (Å²) in [6.07, 6.45) is 1.67. The fourth-order valence-corrected chi connectivity index (χ4v) is 0.854. The second-order valence-electron chi connectivity index (χ2n) is 2.66. The second kappa shape index (κ2) is 4.47. The van der Waals surface area contributed by atoms with Gasteiger partial charge in [-0.3, -0.25) is 0 Å². The minimum atomic E-state index is -0.112. The number of allylic oxidation sites excluding steroid dienone is 1. The Hall–Kier alpha value is -1.55. The smallest absolute Gasteiger partial charge is 0.130 e. The van der Waals surface area contributed by atoms with Crippen molar-refractivity contribution in [3.63, 3.8) is 0 Å². The van der Waals surface area contributed by atoms with Gasteiger partial charge in [-0.05, 0) is 19.1 Å². The Bertz CT molecular complexity index is 291. The van der Waals surface area contributed by atoms with Gasteiger partial charge in [-0.1, -0.05) is 6.07 Å². The summed E-state index contributed by atoms with van der Waals surface area (Å²) in [5.74, 6) is 0.677. The summed E-state index contributed by atoms with van der Waals surface area (Å²) in [4.78, 5) is 4.04. The SMILES string of the molecule is C/C(N)=C(\CO)Nc1ccccn1. The van der Waals surface area contributed by atoms with Gasteiger partial charge in [0.1, 0.15) is 5.82 Å². The van der Waals surface area contributed by atoms with E-state index in [2.05, 4.69) is 10.3 Å². The highest BCUT2D eigenvalue weighted by Gasteiger charge is 1.98. The molecule has 0 aromatic carbocycles. The first-order valence-corrected chi connectivity index (χ1v) is 3.98. The molecule has 0 saturated heterocycles. The molecule has 0 saturated carbocycles. The molecule has 1 aromatic rings. The van der Waals surface area contributed by atoms with Crippen LogP contribution in [0.4, 0.5) is 5.82 Å². The molecule has 1 heterocycles. The maximum absolute atomic E-state index is 8.93.